The van der Waals surface area contributed by atoms with Gasteiger partial charge >= 0.3 is 5.97 Å². The van der Waals surface area contributed by atoms with Gasteiger partial charge in [0.25, 0.3) is 0 Å². The average molecular weight is 284 g/mol. The summed E-state index contributed by atoms with van der Waals surface area (Å²) < 4.78 is 18.9. The maximum atomic E-state index is 13.3. The Labute approximate surface area is 123 Å². The van der Waals surface area contributed by atoms with Crippen LogP contribution in [0.25, 0.3) is 0 Å². The molecule has 1 aliphatic rings. The predicted octanol–water partition coefficient (Wildman–Crippen LogP) is 4.37. The van der Waals surface area contributed by atoms with Crippen LogP contribution in [0.15, 0.2) is 42.5 Å². The lowest BCUT2D eigenvalue weighted by molar-refractivity contribution is 0.0256. The fraction of sp³-hybridized carbons (Fsp3) is 0.278. The van der Waals surface area contributed by atoms with Crippen molar-refractivity contribution in [2.75, 3.05) is 0 Å². The first-order valence-electron chi connectivity index (χ1n) is 7.20. The zero-order valence-electron chi connectivity index (χ0n) is 11.9. The van der Waals surface area contributed by atoms with Gasteiger partial charge < -0.3 is 4.74 Å². The van der Waals surface area contributed by atoms with Gasteiger partial charge in [-0.05, 0) is 61.1 Å². The van der Waals surface area contributed by atoms with Crippen LogP contribution < -0.4 is 0 Å². The molecule has 0 radical (unpaired) electrons. The van der Waals surface area contributed by atoms with Gasteiger partial charge in [0, 0.05) is 0 Å². The molecule has 0 bridgehead atoms. The Morgan fingerprint density at radius 3 is 2.86 bits per heavy atom. The van der Waals surface area contributed by atoms with Crippen LogP contribution in [0.5, 0.6) is 0 Å². The number of halogens is 1. The Kier molecular flexibility index (Phi) is 3.74. The molecule has 0 N–H and O–H groups in total. The Morgan fingerprint density at radius 2 is 2.05 bits per heavy atom. The standard InChI is InChI=1S/C18H17FO2/c1-12-11-14(9-10-16(12)19)18(20)21-17-8-4-6-13-5-2-3-7-15(13)17/h2-3,5,7,9-11,17H,4,6,8H2,1H3. The highest BCUT2D eigenvalue weighted by atomic mass is 19.1. The maximum Gasteiger partial charge on any atom is 0.338 e. The summed E-state index contributed by atoms with van der Waals surface area (Å²) in [4.78, 5) is 12.2. The SMILES string of the molecule is Cc1cc(C(=O)OC2CCCc3ccccc32)ccc1F. The Bertz CT molecular complexity index is 679. The second-order valence-corrected chi connectivity index (χ2v) is 5.45. The first kappa shape index (κ1) is 13.8. The second kappa shape index (κ2) is 5.68. The molecule has 2 aromatic rings. The molecule has 1 aliphatic carbocycles. The number of rotatable bonds is 2. The van der Waals surface area contributed by atoms with Crippen molar-refractivity contribution in [3.05, 3.63) is 70.5 Å². The van der Waals surface area contributed by atoms with E-state index in [1.165, 1.54) is 23.8 Å². The molecule has 2 aromatic carbocycles. The number of aryl methyl sites for hydroxylation is 2. The van der Waals surface area contributed by atoms with Gasteiger partial charge in [0.05, 0.1) is 5.56 Å². The van der Waals surface area contributed by atoms with E-state index in [0.29, 0.717) is 11.1 Å². The molecule has 2 nitrogen and oxygen atoms in total. The number of benzene rings is 2. The highest BCUT2D eigenvalue weighted by Crippen LogP contribution is 2.33. The van der Waals surface area contributed by atoms with E-state index in [0.717, 1.165) is 24.8 Å². The lowest BCUT2D eigenvalue weighted by Gasteiger charge is -2.25. The van der Waals surface area contributed by atoms with Crippen molar-refractivity contribution in [1.82, 2.24) is 0 Å². The summed E-state index contributed by atoms with van der Waals surface area (Å²) in [5, 5.41) is 0. The van der Waals surface area contributed by atoms with E-state index in [4.69, 9.17) is 4.74 Å². The smallest absolute Gasteiger partial charge is 0.338 e. The zero-order valence-corrected chi connectivity index (χ0v) is 11.9. The zero-order chi connectivity index (χ0) is 14.8. The summed E-state index contributed by atoms with van der Waals surface area (Å²) in [6.45, 7) is 1.64. The van der Waals surface area contributed by atoms with E-state index in [1.807, 2.05) is 18.2 Å². The molecule has 21 heavy (non-hydrogen) atoms. The Balaban J connectivity index is 1.81. The third kappa shape index (κ3) is 2.82. The first-order chi connectivity index (χ1) is 10.1. The molecular formula is C18H17FO2. The molecule has 0 aliphatic heterocycles. The lowest BCUT2D eigenvalue weighted by Crippen LogP contribution is -2.17. The van der Waals surface area contributed by atoms with Crippen molar-refractivity contribution in [1.29, 1.82) is 0 Å². The van der Waals surface area contributed by atoms with Crippen LogP contribution >= 0.6 is 0 Å². The van der Waals surface area contributed by atoms with Gasteiger partial charge in [-0.15, -0.1) is 0 Å². The van der Waals surface area contributed by atoms with E-state index in [2.05, 4.69) is 6.07 Å². The van der Waals surface area contributed by atoms with Crippen LogP contribution in [0.2, 0.25) is 0 Å². The van der Waals surface area contributed by atoms with Gasteiger partial charge in [0.1, 0.15) is 11.9 Å². The van der Waals surface area contributed by atoms with E-state index in [-0.39, 0.29) is 17.9 Å². The average Bonchev–Trinajstić information content (AvgIpc) is 2.50. The number of ether oxygens (including phenoxy) is 1. The third-order valence-electron chi connectivity index (χ3n) is 3.96. The van der Waals surface area contributed by atoms with Gasteiger partial charge in [-0.1, -0.05) is 24.3 Å². The first-order valence-corrected chi connectivity index (χ1v) is 7.20. The molecule has 108 valence electrons. The highest BCUT2D eigenvalue weighted by molar-refractivity contribution is 5.89. The van der Waals surface area contributed by atoms with Crippen LogP contribution in [0.1, 0.15) is 46.0 Å². The van der Waals surface area contributed by atoms with Crippen molar-refractivity contribution in [3.63, 3.8) is 0 Å². The van der Waals surface area contributed by atoms with E-state index < -0.39 is 0 Å². The largest absolute Gasteiger partial charge is 0.454 e. The van der Waals surface area contributed by atoms with Crippen LogP contribution in [-0.4, -0.2) is 5.97 Å². The van der Waals surface area contributed by atoms with Crippen LogP contribution in [0.3, 0.4) is 0 Å². The molecule has 0 heterocycles. The summed E-state index contributed by atoms with van der Waals surface area (Å²) in [6.07, 6.45) is 2.67. The topological polar surface area (TPSA) is 26.3 Å². The molecule has 0 aromatic heterocycles. The molecule has 0 spiro atoms. The molecule has 0 saturated carbocycles. The second-order valence-electron chi connectivity index (χ2n) is 5.45. The Hall–Kier alpha value is -2.16. The van der Waals surface area contributed by atoms with E-state index in [9.17, 15) is 9.18 Å². The molecule has 1 atom stereocenters. The third-order valence-corrected chi connectivity index (χ3v) is 3.96. The molecule has 0 saturated heterocycles. The molecule has 1 unspecified atom stereocenters. The fourth-order valence-corrected chi connectivity index (χ4v) is 2.80. The summed E-state index contributed by atoms with van der Waals surface area (Å²) >= 11 is 0. The fourth-order valence-electron chi connectivity index (χ4n) is 2.80. The molecule has 0 amide bonds. The van der Waals surface area contributed by atoms with Crippen molar-refractivity contribution >= 4 is 5.97 Å². The maximum absolute atomic E-state index is 13.3. The van der Waals surface area contributed by atoms with Gasteiger partial charge in [0.2, 0.25) is 0 Å². The summed E-state index contributed by atoms with van der Waals surface area (Å²) in [5.74, 6) is -0.700. The molecule has 3 rings (SSSR count). The molecule has 0 fully saturated rings. The molecule has 3 heteroatoms. The monoisotopic (exact) mass is 284 g/mol. The van der Waals surface area contributed by atoms with Gasteiger partial charge in [-0.25, -0.2) is 9.18 Å². The van der Waals surface area contributed by atoms with Gasteiger partial charge in [-0.2, -0.15) is 0 Å². The van der Waals surface area contributed by atoms with Gasteiger partial charge in [0.15, 0.2) is 0 Å². The molecular weight excluding hydrogens is 267 g/mol. The number of hydrogen-bond acceptors (Lipinski definition) is 2. The quantitative estimate of drug-likeness (QED) is 0.765. The minimum absolute atomic E-state index is 0.201. The highest BCUT2D eigenvalue weighted by Gasteiger charge is 2.23. The van der Waals surface area contributed by atoms with Crippen LogP contribution in [0, 0.1) is 12.7 Å². The number of fused-ring (bicyclic) bond motifs is 1. The van der Waals surface area contributed by atoms with Crippen LogP contribution in [-0.2, 0) is 11.2 Å². The summed E-state index contributed by atoms with van der Waals surface area (Å²) in [5.41, 5.74) is 3.19. The minimum Gasteiger partial charge on any atom is -0.454 e. The van der Waals surface area contributed by atoms with Gasteiger partial charge in [-0.3, -0.25) is 0 Å². The van der Waals surface area contributed by atoms with Crippen molar-refractivity contribution < 1.29 is 13.9 Å². The van der Waals surface area contributed by atoms with E-state index >= 15 is 0 Å². The van der Waals surface area contributed by atoms with E-state index in [1.54, 1.807) is 6.92 Å². The van der Waals surface area contributed by atoms with Crippen molar-refractivity contribution in [2.45, 2.75) is 32.3 Å². The normalized spacial score (nSPS) is 17.1. The minimum atomic E-state index is -0.389. The lowest BCUT2D eigenvalue weighted by atomic mass is 9.89. The van der Waals surface area contributed by atoms with Crippen molar-refractivity contribution in [3.8, 4) is 0 Å². The number of carbonyl (C=O) groups is 1. The summed E-state index contributed by atoms with van der Waals surface area (Å²) in [6, 6.07) is 12.4. The number of carbonyl (C=O) groups excluding carboxylic acids is 1. The Morgan fingerprint density at radius 1 is 1.24 bits per heavy atom. The van der Waals surface area contributed by atoms with Crippen LogP contribution in [0.4, 0.5) is 4.39 Å². The van der Waals surface area contributed by atoms with Crippen molar-refractivity contribution in [2.24, 2.45) is 0 Å². The number of hydrogen-bond donors (Lipinski definition) is 0. The predicted molar refractivity (Wildman–Crippen MR) is 78.7 cm³/mol. The number of esters is 1. The summed E-state index contributed by atoms with van der Waals surface area (Å²) in [7, 11) is 0.